The summed E-state index contributed by atoms with van der Waals surface area (Å²) in [7, 11) is 1.44. The first-order valence-electron chi connectivity index (χ1n) is 18.2. The SMILES string of the molecule is C=C(Nc1ccc(C(C)CC[C@@H](C)c2ccc(C)c(/N=C(\C)[C@@H]3CCCN3C(=O)C(NC(=N)OC)C(C)C)c2)cc1C)C(C)CCCC. The van der Waals surface area contributed by atoms with Crippen LogP contribution in [0.5, 0.6) is 0 Å². The largest absolute Gasteiger partial charge is 0.469 e. The molecule has 2 aromatic carbocycles. The molecule has 1 amide bonds. The van der Waals surface area contributed by atoms with Gasteiger partial charge in [0.25, 0.3) is 6.02 Å². The minimum Gasteiger partial charge on any atom is -0.469 e. The fraction of sp³-hybridized carbons (Fsp3) is 0.585. The highest BCUT2D eigenvalue weighted by molar-refractivity contribution is 5.95. The summed E-state index contributed by atoms with van der Waals surface area (Å²) >= 11 is 0. The second kappa shape index (κ2) is 18.2. The molecular weight excluding hydrogens is 594 g/mol. The highest BCUT2D eigenvalue weighted by Crippen LogP contribution is 2.33. The van der Waals surface area contributed by atoms with Gasteiger partial charge in [-0.1, -0.05) is 85.2 Å². The van der Waals surface area contributed by atoms with Crippen molar-refractivity contribution in [3.05, 3.63) is 70.9 Å². The predicted octanol–water partition coefficient (Wildman–Crippen LogP) is 10.0. The number of aliphatic imine (C=N–C) groups is 1. The Labute approximate surface area is 291 Å². The molecule has 0 radical (unpaired) electrons. The molecule has 7 heteroatoms. The van der Waals surface area contributed by atoms with Gasteiger partial charge in [0, 0.05) is 23.6 Å². The van der Waals surface area contributed by atoms with Crippen LogP contribution in [0.3, 0.4) is 0 Å². The third-order valence-electron chi connectivity index (χ3n) is 10.3. The van der Waals surface area contributed by atoms with E-state index in [1.165, 1.54) is 43.1 Å². The normalized spacial score (nSPS) is 17.5. The van der Waals surface area contributed by atoms with Crippen LogP contribution in [0.15, 0.2) is 53.7 Å². The van der Waals surface area contributed by atoms with Crippen LogP contribution in [-0.4, -0.2) is 48.3 Å². The molecule has 1 heterocycles. The molecule has 48 heavy (non-hydrogen) atoms. The number of ether oxygens (including phenoxy) is 1. The zero-order valence-electron chi connectivity index (χ0n) is 31.5. The molecule has 1 fully saturated rings. The summed E-state index contributed by atoms with van der Waals surface area (Å²) < 4.78 is 5.00. The molecule has 5 atom stereocenters. The van der Waals surface area contributed by atoms with Crippen LogP contribution in [0.25, 0.3) is 0 Å². The lowest BCUT2D eigenvalue weighted by Crippen LogP contribution is -2.53. The molecule has 0 aliphatic carbocycles. The van der Waals surface area contributed by atoms with Gasteiger partial charge in [0.15, 0.2) is 0 Å². The lowest BCUT2D eigenvalue weighted by molar-refractivity contribution is -0.134. The summed E-state index contributed by atoms with van der Waals surface area (Å²) in [6.45, 7) is 24.5. The van der Waals surface area contributed by atoms with E-state index in [0.29, 0.717) is 24.3 Å². The number of hydrogen-bond donors (Lipinski definition) is 3. The molecule has 7 nitrogen and oxygen atoms in total. The molecular formula is C41H63N5O2. The van der Waals surface area contributed by atoms with E-state index in [1.54, 1.807) is 0 Å². The van der Waals surface area contributed by atoms with Crippen LogP contribution >= 0.6 is 0 Å². The minimum absolute atomic E-state index is 0.000578. The van der Waals surface area contributed by atoms with E-state index < -0.39 is 6.04 Å². The third-order valence-corrected chi connectivity index (χ3v) is 10.3. The average molecular weight is 658 g/mol. The summed E-state index contributed by atoms with van der Waals surface area (Å²) in [5.74, 6) is 1.34. The molecule has 264 valence electrons. The number of carbonyl (C=O) groups excluding carboxylic acids is 1. The monoisotopic (exact) mass is 657 g/mol. The fourth-order valence-electron chi connectivity index (χ4n) is 6.62. The smallest absolute Gasteiger partial charge is 0.282 e. The molecule has 0 bridgehead atoms. The molecule has 3 rings (SSSR count). The third kappa shape index (κ3) is 10.4. The molecule has 0 saturated carbocycles. The van der Waals surface area contributed by atoms with Gasteiger partial charge in [0.2, 0.25) is 5.91 Å². The Balaban J connectivity index is 1.66. The maximum absolute atomic E-state index is 13.6. The van der Waals surface area contributed by atoms with Crippen LogP contribution in [0.2, 0.25) is 0 Å². The van der Waals surface area contributed by atoms with Crippen molar-refractivity contribution in [1.29, 1.82) is 5.41 Å². The first-order valence-corrected chi connectivity index (χ1v) is 18.2. The van der Waals surface area contributed by atoms with E-state index in [4.69, 9.17) is 15.1 Å². The zero-order chi connectivity index (χ0) is 35.5. The van der Waals surface area contributed by atoms with E-state index in [9.17, 15) is 4.79 Å². The summed E-state index contributed by atoms with van der Waals surface area (Å²) in [6.07, 6.45) is 7.64. The van der Waals surface area contributed by atoms with Gasteiger partial charge in [-0.15, -0.1) is 0 Å². The van der Waals surface area contributed by atoms with Crippen molar-refractivity contribution in [2.75, 3.05) is 19.0 Å². The Bertz CT molecular complexity index is 1430. The summed E-state index contributed by atoms with van der Waals surface area (Å²) in [5, 5.41) is 14.5. The maximum Gasteiger partial charge on any atom is 0.282 e. The highest BCUT2D eigenvalue weighted by atomic mass is 16.5. The number of aryl methyl sites for hydroxylation is 2. The van der Waals surface area contributed by atoms with Crippen molar-refractivity contribution in [1.82, 2.24) is 10.2 Å². The number of rotatable bonds is 16. The van der Waals surface area contributed by atoms with Crippen molar-refractivity contribution in [2.24, 2.45) is 16.8 Å². The second-order valence-corrected chi connectivity index (χ2v) is 14.5. The standard InChI is InChI=1S/C41H63N5O2/c1-12-13-15-27(4)32(9)43-36-22-21-34(24-31(36)8)28(5)17-18-29(6)35-20-19-30(7)37(25-35)44-33(10)38-16-14-23-46(38)40(47)39(26(2)3)45-41(42)48-11/h19-22,24-29,38-39,43H,9,12-18,23H2,1-8,10-11H3,(H2,42,45)/b44-33+/t27?,28?,29-,38+,39?/m1/s1. The number of unbranched alkanes of at least 4 members (excludes halogenated alkanes) is 1. The van der Waals surface area contributed by atoms with Crippen molar-refractivity contribution < 1.29 is 9.53 Å². The predicted molar refractivity (Wildman–Crippen MR) is 204 cm³/mol. The number of likely N-dealkylation sites (tertiary alicyclic amines) is 1. The van der Waals surface area contributed by atoms with E-state index in [2.05, 4.69) is 95.2 Å². The Kier molecular flexibility index (Phi) is 14.8. The van der Waals surface area contributed by atoms with Gasteiger partial charge in [0.1, 0.15) is 6.04 Å². The van der Waals surface area contributed by atoms with Crippen molar-refractivity contribution in [3.8, 4) is 0 Å². The number of amidine groups is 1. The van der Waals surface area contributed by atoms with Crippen LogP contribution < -0.4 is 10.6 Å². The number of nitrogens with zero attached hydrogens (tertiary/aromatic N) is 2. The van der Waals surface area contributed by atoms with Gasteiger partial charge in [-0.25, -0.2) is 0 Å². The number of anilines is 1. The summed E-state index contributed by atoms with van der Waals surface area (Å²) in [4.78, 5) is 20.7. The topological polar surface area (TPSA) is 89.8 Å². The van der Waals surface area contributed by atoms with E-state index >= 15 is 0 Å². The number of nitrogens with one attached hydrogen (secondary N) is 3. The molecule has 1 saturated heterocycles. The first-order chi connectivity index (χ1) is 22.8. The van der Waals surface area contributed by atoms with Crippen molar-refractivity contribution in [3.63, 3.8) is 0 Å². The van der Waals surface area contributed by atoms with Crippen LogP contribution in [-0.2, 0) is 9.53 Å². The number of allylic oxidation sites excluding steroid dienone is 1. The maximum atomic E-state index is 13.6. The molecule has 1 aliphatic rings. The van der Waals surface area contributed by atoms with Gasteiger partial charge >= 0.3 is 0 Å². The van der Waals surface area contributed by atoms with Gasteiger partial charge in [-0.3, -0.25) is 15.2 Å². The number of carbonyl (C=O) groups is 1. The molecule has 3 N–H and O–H groups in total. The number of methoxy groups -OCH3 is 1. The van der Waals surface area contributed by atoms with Crippen molar-refractivity contribution >= 4 is 29.0 Å². The second-order valence-electron chi connectivity index (χ2n) is 14.5. The minimum atomic E-state index is -0.512. The van der Waals surface area contributed by atoms with Gasteiger partial charge in [-0.2, -0.15) is 0 Å². The Morgan fingerprint density at radius 1 is 1.02 bits per heavy atom. The molecule has 2 aromatic rings. The first kappa shape index (κ1) is 38.8. The van der Waals surface area contributed by atoms with Crippen molar-refractivity contribution in [2.45, 2.75) is 131 Å². The van der Waals surface area contributed by atoms with Crippen LogP contribution in [0.4, 0.5) is 11.4 Å². The van der Waals surface area contributed by atoms with Gasteiger partial charge in [-0.05, 0) is 111 Å². The zero-order valence-corrected chi connectivity index (χ0v) is 31.5. The molecule has 0 spiro atoms. The van der Waals surface area contributed by atoms with Gasteiger partial charge < -0.3 is 20.3 Å². The molecule has 0 aromatic heterocycles. The Morgan fingerprint density at radius 3 is 2.27 bits per heavy atom. The quantitative estimate of drug-likeness (QED) is 0.124. The number of benzene rings is 2. The van der Waals surface area contributed by atoms with Crippen LogP contribution in [0, 0.1) is 31.1 Å². The summed E-state index contributed by atoms with van der Waals surface area (Å²) in [5.41, 5.74) is 9.27. The number of amides is 1. The van der Waals surface area contributed by atoms with E-state index in [-0.39, 0.29) is 23.9 Å². The molecule has 3 unspecified atom stereocenters. The molecule has 1 aliphatic heterocycles. The highest BCUT2D eigenvalue weighted by Gasteiger charge is 2.36. The van der Waals surface area contributed by atoms with E-state index in [0.717, 1.165) is 54.0 Å². The lowest BCUT2D eigenvalue weighted by atomic mass is 9.88. The van der Waals surface area contributed by atoms with E-state index in [1.807, 2.05) is 25.7 Å². The Morgan fingerprint density at radius 2 is 1.67 bits per heavy atom. The Hall–Kier alpha value is -3.61. The average Bonchev–Trinajstić information content (AvgIpc) is 3.56. The van der Waals surface area contributed by atoms with Gasteiger partial charge in [0.05, 0.1) is 18.8 Å². The number of hydrogen-bond acceptors (Lipinski definition) is 5. The fourth-order valence-corrected chi connectivity index (χ4v) is 6.62. The summed E-state index contributed by atoms with van der Waals surface area (Å²) in [6, 6.07) is 12.8. The van der Waals surface area contributed by atoms with Crippen LogP contribution in [0.1, 0.15) is 128 Å². The lowest BCUT2D eigenvalue weighted by Gasteiger charge is -2.31.